The molecule has 0 aliphatic heterocycles. The van der Waals surface area contributed by atoms with E-state index in [9.17, 15) is 14.0 Å². The summed E-state index contributed by atoms with van der Waals surface area (Å²) in [5, 5.41) is 3.83. The zero-order chi connectivity index (χ0) is 22.3. The largest absolute Gasteiger partial charge is 0.355 e. The van der Waals surface area contributed by atoms with Crippen LogP contribution in [0.3, 0.4) is 0 Å². The Labute approximate surface area is 195 Å². The van der Waals surface area contributed by atoms with Gasteiger partial charge in [0.25, 0.3) is 0 Å². The van der Waals surface area contributed by atoms with Gasteiger partial charge in [-0.05, 0) is 43.7 Å². The first-order chi connectivity index (χ1) is 14.2. The number of benzene rings is 2. The molecule has 0 radical (unpaired) electrons. The Bertz CT molecular complexity index is 894. The third-order valence-electron chi connectivity index (χ3n) is 4.39. The van der Waals surface area contributed by atoms with Crippen LogP contribution in [0.4, 0.5) is 4.39 Å². The molecule has 0 unspecified atom stereocenters. The summed E-state index contributed by atoms with van der Waals surface area (Å²) in [6, 6.07) is 8.85. The Morgan fingerprint density at radius 3 is 2.50 bits per heavy atom. The van der Waals surface area contributed by atoms with E-state index in [4.69, 9.17) is 34.8 Å². The summed E-state index contributed by atoms with van der Waals surface area (Å²) in [6.45, 7) is 4.12. The normalized spacial score (nSPS) is 11.8. The van der Waals surface area contributed by atoms with E-state index in [2.05, 4.69) is 5.32 Å². The van der Waals surface area contributed by atoms with Crippen molar-refractivity contribution in [2.45, 2.75) is 32.2 Å². The molecule has 162 valence electrons. The van der Waals surface area contributed by atoms with Gasteiger partial charge in [-0.1, -0.05) is 46.9 Å². The van der Waals surface area contributed by atoms with Crippen molar-refractivity contribution in [3.63, 3.8) is 0 Å². The molecule has 0 aromatic heterocycles. The number of carbonyl (C=O) groups excluding carboxylic acids is 2. The maximum atomic E-state index is 13.9. The van der Waals surface area contributed by atoms with Gasteiger partial charge in [0, 0.05) is 29.4 Å². The summed E-state index contributed by atoms with van der Waals surface area (Å²) >= 11 is 19.3. The van der Waals surface area contributed by atoms with Gasteiger partial charge in [-0.2, -0.15) is 0 Å². The number of thioether (sulfide) groups is 1. The van der Waals surface area contributed by atoms with E-state index in [1.807, 2.05) is 6.92 Å². The van der Waals surface area contributed by atoms with Crippen LogP contribution in [-0.2, 0) is 21.9 Å². The van der Waals surface area contributed by atoms with E-state index in [-0.39, 0.29) is 29.9 Å². The van der Waals surface area contributed by atoms with E-state index in [1.54, 1.807) is 31.2 Å². The summed E-state index contributed by atoms with van der Waals surface area (Å²) in [4.78, 5) is 26.8. The molecule has 0 aliphatic carbocycles. The maximum absolute atomic E-state index is 13.9. The van der Waals surface area contributed by atoms with Gasteiger partial charge in [0.15, 0.2) is 0 Å². The highest BCUT2D eigenvalue weighted by Gasteiger charge is 2.26. The molecule has 0 saturated carbocycles. The first-order valence-electron chi connectivity index (χ1n) is 9.26. The topological polar surface area (TPSA) is 49.4 Å². The SMILES string of the molecule is CCNC(=O)[C@@H](C)N(Cc1ccc(Cl)c(Cl)c1)C(=O)CSCc1c(F)cccc1Cl. The number of amides is 2. The van der Waals surface area contributed by atoms with Crippen LogP contribution in [0.5, 0.6) is 0 Å². The number of hydrogen-bond donors (Lipinski definition) is 1. The second kappa shape index (κ2) is 11.8. The highest BCUT2D eigenvalue weighted by Crippen LogP contribution is 2.26. The van der Waals surface area contributed by atoms with Crippen LogP contribution >= 0.6 is 46.6 Å². The van der Waals surface area contributed by atoms with Crippen molar-refractivity contribution in [2.75, 3.05) is 12.3 Å². The molecule has 30 heavy (non-hydrogen) atoms. The molecule has 0 heterocycles. The smallest absolute Gasteiger partial charge is 0.242 e. The van der Waals surface area contributed by atoms with Crippen molar-refractivity contribution in [2.24, 2.45) is 0 Å². The van der Waals surface area contributed by atoms with Crippen molar-refractivity contribution in [1.29, 1.82) is 0 Å². The number of rotatable bonds is 9. The van der Waals surface area contributed by atoms with Gasteiger partial charge in [0.1, 0.15) is 11.9 Å². The zero-order valence-corrected chi connectivity index (χ0v) is 19.6. The fourth-order valence-corrected chi connectivity index (χ4v) is 4.30. The van der Waals surface area contributed by atoms with Gasteiger partial charge >= 0.3 is 0 Å². The summed E-state index contributed by atoms with van der Waals surface area (Å²) in [5.74, 6) is -0.612. The molecule has 2 aromatic rings. The van der Waals surface area contributed by atoms with E-state index in [0.717, 1.165) is 5.56 Å². The molecule has 0 saturated heterocycles. The van der Waals surface area contributed by atoms with E-state index in [0.29, 0.717) is 27.2 Å². The van der Waals surface area contributed by atoms with Crippen molar-refractivity contribution < 1.29 is 14.0 Å². The summed E-state index contributed by atoms with van der Waals surface area (Å²) in [7, 11) is 0. The number of halogens is 4. The number of hydrogen-bond acceptors (Lipinski definition) is 3. The standard InChI is InChI=1S/C21H22Cl3FN2O2S/c1-3-26-21(29)13(2)27(10-14-7-8-17(23)18(24)9-14)20(28)12-30-11-15-16(22)5-4-6-19(15)25/h4-9,13H,3,10-12H2,1-2H3,(H,26,29)/t13-/m1/s1. The van der Waals surface area contributed by atoms with Crippen molar-refractivity contribution in [3.05, 3.63) is 68.4 Å². The quantitative estimate of drug-likeness (QED) is 0.499. The molecule has 0 spiro atoms. The Hall–Kier alpha value is -1.47. The zero-order valence-electron chi connectivity index (χ0n) is 16.6. The first-order valence-corrected chi connectivity index (χ1v) is 11.5. The summed E-state index contributed by atoms with van der Waals surface area (Å²) < 4.78 is 13.9. The third-order valence-corrected chi connectivity index (χ3v) is 6.43. The Kier molecular flexibility index (Phi) is 9.75. The maximum Gasteiger partial charge on any atom is 0.242 e. The second-order valence-corrected chi connectivity index (χ2v) is 8.74. The number of carbonyl (C=O) groups is 2. The molecular formula is C21H22Cl3FN2O2S. The van der Waals surface area contributed by atoms with Gasteiger partial charge in [0.05, 0.1) is 15.8 Å². The van der Waals surface area contributed by atoms with Gasteiger partial charge in [-0.25, -0.2) is 4.39 Å². The van der Waals surface area contributed by atoms with Gasteiger partial charge in [-0.15, -0.1) is 11.8 Å². The molecule has 9 heteroatoms. The van der Waals surface area contributed by atoms with Crippen LogP contribution in [0.15, 0.2) is 36.4 Å². The minimum absolute atomic E-state index is 0.0652. The Balaban J connectivity index is 2.12. The minimum Gasteiger partial charge on any atom is -0.355 e. The first kappa shape index (κ1) is 24.8. The number of nitrogens with zero attached hydrogens (tertiary/aromatic N) is 1. The minimum atomic E-state index is -0.690. The second-order valence-electron chi connectivity index (χ2n) is 6.53. The molecule has 2 amide bonds. The predicted molar refractivity (Wildman–Crippen MR) is 123 cm³/mol. The van der Waals surface area contributed by atoms with Crippen LogP contribution in [-0.4, -0.2) is 35.1 Å². The molecular weight excluding hydrogens is 470 g/mol. The predicted octanol–water partition coefficient (Wildman–Crippen LogP) is 5.57. The van der Waals surface area contributed by atoms with E-state index >= 15 is 0 Å². The Morgan fingerprint density at radius 2 is 1.87 bits per heavy atom. The van der Waals surface area contributed by atoms with Crippen molar-refractivity contribution >= 4 is 58.4 Å². The molecule has 1 N–H and O–H groups in total. The van der Waals surface area contributed by atoms with Gasteiger partial charge < -0.3 is 10.2 Å². The monoisotopic (exact) mass is 490 g/mol. The fraction of sp³-hybridized carbons (Fsp3) is 0.333. The van der Waals surface area contributed by atoms with E-state index < -0.39 is 11.9 Å². The third kappa shape index (κ3) is 6.77. The van der Waals surface area contributed by atoms with E-state index in [1.165, 1.54) is 28.8 Å². The molecule has 2 rings (SSSR count). The highest BCUT2D eigenvalue weighted by molar-refractivity contribution is 7.99. The Morgan fingerprint density at radius 1 is 1.13 bits per heavy atom. The molecule has 0 aliphatic rings. The lowest BCUT2D eigenvalue weighted by atomic mass is 10.1. The van der Waals surface area contributed by atoms with Crippen LogP contribution in [0.2, 0.25) is 15.1 Å². The van der Waals surface area contributed by atoms with Crippen molar-refractivity contribution in [1.82, 2.24) is 10.2 Å². The number of likely N-dealkylation sites (N-methyl/N-ethyl adjacent to an activating group) is 1. The number of nitrogens with one attached hydrogen (secondary N) is 1. The van der Waals surface area contributed by atoms with Crippen molar-refractivity contribution in [3.8, 4) is 0 Å². The summed E-state index contributed by atoms with van der Waals surface area (Å²) in [5.41, 5.74) is 1.10. The van der Waals surface area contributed by atoms with Gasteiger partial charge in [0.2, 0.25) is 11.8 Å². The molecule has 1 atom stereocenters. The van der Waals surface area contributed by atoms with Crippen LogP contribution < -0.4 is 5.32 Å². The fourth-order valence-electron chi connectivity index (χ4n) is 2.73. The lowest BCUT2D eigenvalue weighted by molar-refractivity contribution is -0.138. The highest BCUT2D eigenvalue weighted by atomic mass is 35.5. The summed E-state index contributed by atoms with van der Waals surface area (Å²) in [6.07, 6.45) is 0. The molecule has 0 fully saturated rings. The lowest BCUT2D eigenvalue weighted by Crippen LogP contribution is -2.48. The van der Waals surface area contributed by atoms with Crippen LogP contribution in [0.1, 0.15) is 25.0 Å². The molecule has 0 bridgehead atoms. The van der Waals surface area contributed by atoms with Crippen LogP contribution in [0.25, 0.3) is 0 Å². The lowest BCUT2D eigenvalue weighted by Gasteiger charge is -2.28. The van der Waals surface area contributed by atoms with Crippen LogP contribution in [0, 0.1) is 5.82 Å². The average Bonchev–Trinajstić information content (AvgIpc) is 2.70. The van der Waals surface area contributed by atoms with Gasteiger partial charge in [-0.3, -0.25) is 9.59 Å². The average molecular weight is 492 g/mol. The molecule has 2 aromatic carbocycles. The molecule has 4 nitrogen and oxygen atoms in total.